The van der Waals surface area contributed by atoms with Crippen LogP contribution in [-0.4, -0.2) is 34.2 Å². The highest BCUT2D eigenvalue weighted by Crippen LogP contribution is 2.30. The quantitative estimate of drug-likeness (QED) is 0.425. The van der Waals surface area contributed by atoms with Crippen LogP contribution in [-0.2, 0) is 4.74 Å². The molecule has 0 atom stereocenters. The molecule has 1 aromatic rings. The van der Waals surface area contributed by atoms with Crippen LogP contribution >= 0.6 is 0 Å². The fourth-order valence-corrected chi connectivity index (χ4v) is 1.23. The molecule has 1 heterocycles. The van der Waals surface area contributed by atoms with Gasteiger partial charge in [-0.2, -0.15) is 4.98 Å². The van der Waals surface area contributed by atoms with Crippen LogP contribution in [0.1, 0.15) is 20.3 Å². The van der Waals surface area contributed by atoms with Crippen molar-refractivity contribution in [1.82, 2.24) is 9.97 Å². The van der Waals surface area contributed by atoms with Gasteiger partial charge in [-0.1, -0.05) is 0 Å². The standard InChI is InChI=1S/C10H17N5O4/c1-10(2,18-3)4-5-19-9-7(15(16)17)8(14-11)12-6-13-9/h6H,4-5,11H2,1-3H3,(H,12,13,14). The lowest BCUT2D eigenvalue weighted by Crippen LogP contribution is -2.25. The fourth-order valence-electron chi connectivity index (χ4n) is 1.23. The maximum Gasteiger partial charge on any atom is 0.374 e. The van der Waals surface area contributed by atoms with Crippen LogP contribution < -0.4 is 16.0 Å². The van der Waals surface area contributed by atoms with E-state index < -0.39 is 4.92 Å². The molecule has 0 aliphatic rings. The fraction of sp³-hybridized carbons (Fsp3) is 0.600. The molecule has 0 aliphatic heterocycles. The zero-order chi connectivity index (χ0) is 14.5. The predicted octanol–water partition coefficient (Wildman–Crippen LogP) is 0.864. The molecular weight excluding hydrogens is 254 g/mol. The molecule has 1 aromatic heterocycles. The number of hydrazine groups is 1. The molecule has 0 aliphatic carbocycles. The molecule has 0 saturated carbocycles. The minimum absolute atomic E-state index is 0.0963. The average molecular weight is 271 g/mol. The van der Waals surface area contributed by atoms with Crippen molar-refractivity contribution in [3.63, 3.8) is 0 Å². The van der Waals surface area contributed by atoms with Crippen molar-refractivity contribution < 1.29 is 14.4 Å². The number of ether oxygens (including phenoxy) is 2. The van der Waals surface area contributed by atoms with E-state index in [1.54, 1.807) is 7.11 Å². The van der Waals surface area contributed by atoms with E-state index in [-0.39, 0.29) is 29.6 Å². The first-order valence-corrected chi connectivity index (χ1v) is 5.55. The van der Waals surface area contributed by atoms with E-state index in [2.05, 4.69) is 15.4 Å². The molecule has 9 nitrogen and oxygen atoms in total. The molecular formula is C10H17N5O4. The summed E-state index contributed by atoms with van der Waals surface area (Å²) in [6, 6.07) is 0. The second-order valence-corrected chi connectivity index (χ2v) is 4.34. The number of hydrogen-bond acceptors (Lipinski definition) is 8. The maximum atomic E-state index is 10.9. The molecule has 106 valence electrons. The Morgan fingerprint density at radius 1 is 1.53 bits per heavy atom. The van der Waals surface area contributed by atoms with Crippen LogP contribution in [0.4, 0.5) is 11.5 Å². The van der Waals surface area contributed by atoms with Crippen LogP contribution in [0.25, 0.3) is 0 Å². The van der Waals surface area contributed by atoms with E-state index in [0.29, 0.717) is 6.42 Å². The smallest absolute Gasteiger partial charge is 0.374 e. The van der Waals surface area contributed by atoms with Crippen LogP contribution in [0, 0.1) is 10.1 Å². The van der Waals surface area contributed by atoms with Crippen molar-refractivity contribution in [2.45, 2.75) is 25.9 Å². The Hall–Kier alpha value is -2.00. The highest BCUT2D eigenvalue weighted by molar-refractivity contribution is 5.60. The molecule has 0 saturated heterocycles. The van der Waals surface area contributed by atoms with Crippen molar-refractivity contribution in [1.29, 1.82) is 0 Å². The number of anilines is 1. The lowest BCUT2D eigenvalue weighted by Gasteiger charge is -2.22. The maximum absolute atomic E-state index is 10.9. The van der Waals surface area contributed by atoms with Crippen molar-refractivity contribution in [3.05, 3.63) is 16.4 Å². The summed E-state index contributed by atoms with van der Waals surface area (Å²) in [6.07, 6.45) is 1.69. The second kappa shape index (κ2) is 6.25. The SMILES string of the molecule is COC(C)(C)CCOc1ncnc(NN)c1[N+](=O)[O-]. The van der Waals surface area contributed by atoms with Crippen LogP contribution in [0.2, 0.25) is 0 Å². The number of nitrogens with zero attached hydrogens (tertiary/aromatic N) is 3. The Kier molecular flexibility index (Phi) is 4.95. The Morgan fingerprint density at radius 3 is 2.74 bits per heavy atom. The van der Waals surface area contributed by atoms with Crippen LogP contribution in [0.5, 0.6) is 5.88 Å². The molecule has 0 fully saturated rings. The molecule has 0 amide bonds. The van der Waals surface area contributed by atoms with Gasteiger partial charge in [0, 0.05) is 13.5 Å². The van der Waals surface area contributed by atoms with Gasteiger partial charge in [0.2, 0.25) is 5.82 Å². The molecule has 19 heavy (non-hydrogen) atoms. The first kappa shape index (κ1) is 15.1. The van der Waals surface area contributed by atoms with E-state index >= 15 is 0 Å². The van der Waals surface area contributed by atoms with E-state index in [9.17, 15) is 10.1 Å². The van der Waals surface area contributed by atoms with Gasteiger partial charge >= 0.3 is 5.69 Å². The summed E-state index contributed by atoms with van der Waals surface area (Å²) in [5, 5.41) is 10.9. The van der Waals surface area contributed by atoms with Gasteiger partial charge in [-0.05, 0) is 13.8 Å². The number of nitrogens with two attached hydrogens (primary N) is 1. The Morgan fingerprint density at radius 2 is 2.21 bits per heavy atom. The minimum Gasteiger partial charge on any atom is -0.473 e. The summed E-state index contributed by atoms with van der Waals surface area (Å²) in [5.41, 5.74) is 1.37. The van der Waals surface area contributed by atoms with Gasteiger partial charge < -0.3 is 14.9 Å². The molecule has 0 bridgehead atoms. The average Bonchev–Trinajstić information content (AvgIpc) is 2.37. The third-order valence-electron chi connectivity index (χ3n) is 2.60. The summed E-state index contributed by atoms with van der Waals surface area (Å²) < 4.78 is 10.5. The number of nitro groups is 1. The van der Waals surface area contributed by atoms with Gasteiger partial charge in [0.05, 0.1) is 17.1 Å². The number of hydrogen-bond donors (Lipinski definition) is 2. The van der Waals surface area contributed by atoms with Gasteiger partial charge in [0.15, 0.2) is 0 Å². The molecule has 3 N–H and O–H groups in total. The molecule has 9 heteroatoms. The van der Waals surface area contributed by atoms with E-state index in [4.69, 9.17) is 15.3 Å². The summed E-state index contributed by atoms with van der Waals surface area (Å²) in [4.78, 5) is 17.7. The molecule has 0 spiro atoms. The highest BCUT2D eigenvalue weighted by Gasteiger charge is 2.25. The zero-order valence-electron chi connectivity index (χ0n) is 11.0. The van der Waals surface area contributed by atoms with Gasteiger partial charge in [0.25, 0.3) is 5.88 Å². The summed E-state index contributed by atoms with van der Waals surface area (Å²) in [7, 11) is 1.59. The Labute approximate surface area is 110 Å². The third-order valence-corrected chi connectivity index (χ3v) is 2.60. The van der Waals surface area contributed by atoms with Crippen molar-refractivity contribution in [2.24, 2.45) is 5.84 Å². The summed E-state index contributed by atoms with van der Waals surface area (Å²) in [6.45, 7) is 4.00. The summed E-state index contributed by atoms with van der Waals surface area (Å²) in [5.74, 6) is 4.94. The number of nitrogen functional groups attached to an aromatic ring is 1. The monoisotopic (exact) mass is 271 g/mol. The van der Waals surface area contributed by atoms with Crippen molar-refractivity contribution >= 4 is 11.5 Å². The third kappa shape index (κ3) is 4.00. The number of rotatable bonds is 7. The first-order valence-electron chi connectivity index (χ1n) is 5.55. The Balaban J connectivity index is 2.81. The van der Waals surface area contributed by atoms with Crippen molar-refractivity contribution in [3.8, 4) is 5.88 Å². The summed E-state index contributed by atoms with van der Waals surface area (Å²) >= 11 is 0. The van der Waals surface area contributed by atoms with Crippen molar-refractivity contribution in [2.75, 3.05) is 19.1 Å². The number of methoxy groups -OCH3 is 1. The Bertz CT molecular complexity index is 452. The number of nitrogens with one attached hydrogen (secondary N) is 1. The lowest BCUT2D eigenvalue weighted by atomic mass is 10.1. The van der Waals surface area contributed by atoms with Gasteiger partial charge in [-0.15, -0.1) is 0 Å². The molecule has 0 unspecified atom stereocenters. The second-order valence-electron chi connectivity index (χ2n) is 4.34. The molecule has 0 radical (unpaired) electrons. The zero-order valence-corrected chi connectivity index (χ0v) is 11.0. The van der Waals surface area contributed by atoms with Gasteiger partial charge in [-0.25, -0.2) is 10.8 Å². The van der Waals surface area contributed by atoms with E-state index in [1.807, 2.05) is 13.8 Å². The van der Waals surface area contributed by atoms with Gasteiger partial charge in [0.1, 0.15) is 6.33 Å². The number of aromatic nitrogens is 2. The predicted molar refractivity (Wildman–Crippen MR) is 67.7 cm³/mol. The molecule has 1 rings (SSSR count). The van der Waals surface area contributed by atoms with Crippen LogP contribution in [0.15, 0.2) is 6.33 Å². The van der Waals surface area contributed by atoms with E-state index in [0.717, 1.165) is 6.33 Å². The lowest BCUT2D eigenvalue weighted by molar-refractivity contribution is -0.385. The van der Waals surface area contributed by atoms with Crippen LogP contribution in [0.3, 0.4) is 0 Å². The highest BCUT2D eigenvalue weighted by atomic mass is 16.6. The normalized spacial score (nSPS) is 11.2. The minimum atomic E-state index is -0.647. The topological polar surface area (TPSA) is 125 Å². The van der Waals surface area contributed by atoms with E-state index in [1.165, 1.54) is 0 Å². The first-order chi connectivity index (χ1) is 8.91. The van der Waals surface area contributed by atoms with Gasteiger partial charge in [-0.3, -0.25) is 10.1 Å². The molecule has 0 aromatic carbocycles. The largest absolute Gasteiger partial charge is 0.473 e.